The van der Waals surface area contributed by atoms with Crippen LogP contribution in [-0.4, -0.2) is 18.9 Å². The number of methoxy groups -OCH3 is 1. The van der Waals surface area contributed by atoms with Crippen molar-refractivity contribution in [1.29, 1.82) is 0 Å². The molecule has 0 saturated carbocycles. The SMILES string of the molecule is COc1ccc(/C=C2/N=C(c3ccc(F)cc3)N(c3ccccc3)C2=O)cc1. The van der Waals surface area contributed by atoms with Gasteiger partial charge in [0.2, 0.25) is 0 Å². The summed E-state index contributed by atoms with van der Waals surface area (Å²) in [4.78, 5) is 19.2. The molecular formula is C23H17FN2O2. The number of amidine groups is 1. The predicted molar refractivity (Wildman–Crippen MR) is 108 cm³/mol. The number of para-hydroxylation sites is 1. The molecule has 28 heavy (non-hydrogen) atoms. The molecule has 3 aromatic rings. The number of nitrogens with zero attached hydrogens (tertiary/aromatic N) is 2. The fourth-order valence-electron chi connectivity index (χ4n) is 2.98. The quantitative estimate of drug-likeness (QED) is 0.625. The molecular weight excluding hydrogens is 355 g/mol. The molecule has 0 atom stereocenters. The molecule has 4 nitrogen and oxygen atoms in total. The second kappa shape index (κ2) is 7.48. The van der Waals surface area contributed by atoms with Crippen LogP contribution in [0.15, 0.2) is 89.6 Å². The van der Waals surface area contributed by atoms with Crippen molar-refractivity contribution in [2.24, 2.45) is 4.99 Å². The number of carbonyl (C=O) groups excluding carboxylic acids is 1. The summed E-state index contributed by atoms with van der Waals surface area (Å²) in [6.45, 7) is 0. The van der Waals surface area contributed by atoms with Crippen molar-refractivity contribution >= 4 is 23.5 Å². The Hall–Kier alpha value is -3.73. The zero-order valence-electron chi connectivity index (χ0n) is 15.2. The molecule has 3 aromatic carbocycles. The number of anilines is 1. The van der Waals surface area contributed by atoms with Gasteiger partial charge >= 0.3 is 0 Å². The van der Waals surface area contributed by atoms with E-state index in [0.29, 0.717) is 22.8 Å². The van der Waals surface area contributed by atoms with E-state index in [1.54, 1.807) is 30.2 Å². The molecule has 1 aliphatic rings. The molecule has 5 heteroatoms. The van der Waals surface area contributed by atoms with E-state index in [-0.39, 0.29) is 11.7 Å². The maximum Gasteiger partial charge on any atom is 0.282 e. The average molecular weight is 372 g/mol. The van der Waals surface area contributed by atoms with Crippen LogP contribution in [-0.2, 0) is 4.79 Å². The third-order valence-corrected chi connectivity index (χ3v) is 4.40. The molecule has 0 unspecified atom stereocenters. The average Bonchev–Trinajstić information content (AvgIpc) is 3.06. The number of rotatable bonds is 4. The lowest BCUT2D eigenvalue weighted by Gasteiger charge is -2.18. The molecule has 138 valence electrons. The number of ether oxygens (including phenoxy) is 1. The molecule has 0 radical (unpaired) electrons. The van der Waals surface area contributed by atoms with Crippen LogP contribution >= 0.6 is 0 Å². The summed E-state index contributed by atoms with van der Waals surface area (Å²) in [6.07, 6.45) is 1.73. The molecule has 0 aliphatic carbocycles. The van der Waals surface area contributed by atoms with Gasteiger partial charge in [-0.25, -0.2) is 9.38 Å². The summed E-state index contributed by atoms with van der Waals surface area (Å²) < 4.78 is 18.5. The zero-order valence-corrected chi connectivity index (χ0v) is 15.2. The number of amides is 1. The predicted octanol–water partition coefficient (Wildman–Crippen LogP) is 4.67. The van der Waals surface area contributed by atoms with Crippen molar-refractivity contribution in [3.05, 3.63) is 102 Å². The number of halogens is 1. The Morgan fingerprint density at radius 2 is 1.61 bits per heavy atom. The monoisotopic (exact) mass is 372 g/mol. The molecule has 1 heterocycles. The Kier molecular flexibility index (Phi) is 4.72. The van der Waals surface area contributed by atoms with Gasteiger partial charge in [0, 0.05) is 5.56 Å². The fraction of sp³-hybridized carbons (Fsp3) is 0.0435. The summed E-state index contributed by atoms with van der Waals surface area (Å²) in [7, 11) is 1.60. The minimum absolute atomic E-state index is 0.235. The lowest BCUT2D eigenvalue weighted by atomic mass is 10.1. The number of aliphatic imine (C=N–C) groups is 1. The van der Waals surface area contributed by atoms with Crippen molar-refractivity contribution < 1.29 is 13.9 Å². The highest BCUT2D eigenvalue weighted by atomic mass is 19.1. The molecule has 4 rings (SSSR count). The Morgan fingerprint density at radius 1 is 0.929 bits per heavy atom. The van der Waals surface area contributed by atoms with Gasteiger partial charge in [-0.1, -0.05) is 30.3 Å². The number of benzene rings is 3. The van der Waals surface area contributed by atoms with Gasteiger partial charge in [0.15, 0.2) is 0 Å². The van der Waals surface area contributed by atoms with Gasteiger partial charge in [-0.15, -0.1) is 0 Å². The Morgan fingerprint density at radius 3 is 2.25 bits per heavy atom. The smallest absolute Gasteiger partial charge is 0.282 e. The van der Waals surface area contributed by atoms with Crippen LogP contribution in [0.2, 0.25) is 0 Å². The van der Waals surface area contributed by atoms with Gasteiger partial charge in [0.05, 0.1) is 12.8 Å². The Bertz CT molecular complexity index is 1060. The van der Waals surface area contributed by atoms with Gasteiger partial charge in [0.25, 0.3) is 5.91 Å². The number of hydrogen-bond acceptors (Lipinski definition) is 3. The minimum atomic E-state index is -0.339. The first kappa shape index (κ1) is 17.7. The summed E-state index contributed by atoms with van der Waals surface area (Å²) in [5.41, 5.74) is 2.51. The van der Waals surface area contributed by atoms with E-state index < -0.39 is 0 Å². The Labute approximate surface area is 162 Å². The molecule has 1 aliphatic heterocycles. The van der Waals surface area contributed by atoms with E-state index in [1.807, 2.05) is 54.6 Å². The first-order valence-electron chi connectivity index (χ1n) is 8.75. The van der Waals surface area contributed by atoms with Crippen LogP contribution in [0.25, 0.3) is 6.08 Å². The van der Waals surface area contributed by atoms with Crippen molar-refractivity contribution in [2.45, 2.75) is 0 Å². The summed E-state index contributed by atoms with van der Waals surface area (Å²) in [6, 6.07) is 22.6. The zero-order chi connectivity index (χ0) is 19.5. The van der Waals surface area contributed by atoms with Gasteiger partial charge in [-0.3, -0.25) is 9.69 Å². The molecule has 0 aromatic heterocycles. The fourth-order valence-corrected chi connectivity index (χ4v) is 2.98. The normalized spacial score (nSPS) is 15.1. The summed E-state index contributed by atoms with van der Waals surface area (Å²) >= 11 is 0. The van der Waals surface area contributed by atoms with E-state index in [1.165, 1.54) is 12.1 Å². The van der Waals surface area contributed by atoms with E-state index in [0.717, 1.165) is 11.3 Å². The lowest BCUT2D eigenvalue weighted by Crippen LogP contribution is -2.32. The summed E-state index contributed by atoms with van der Waals surface area (Å²) in [5, 5.41) is 0. The van der Waals surface area contributed by atoms with Crippen LogP contribution in [0.5, 0.6) is 5.75 Å². The van der Waals surface area contributed by atoms with E-state index in [4.69, 9.17) is 4.74 Å². The standard InChI is InChI=1S/C23H17FN2O2/c1-28-20-13-7-16(8-14-20)15-21-23(27)26(19-5-3-2-4-6-19)22(25-21)17-9-11-18(24)12-10-17/h2-15H,1H3/b21-15+. The molecule has 0 fully saturated rings. The van der Waals surface area contributed by atoms with Gasteiger partial charge < -0.3 is 4.74 Å². The third kappa shape index (κ3) is 3.42. The van der Waals surface area contributed by atoms with Crippen LogP contribution in [0.3, 0.4) is 0 Å². The first-order chi connectivity index (χ1) is 13.7. The van der Waals surface area contributed by atoms with Crippen molar-refractivity contribution in [2.75, 3.05) is 12.0 Å². The highest BCUT2D eigenvalue weighted by Gasteiger charge is 2.32. The highest BCUT2D eigenvalue weighted by molar-refractivity contribution is 6.33. The first-order valence-corrected chi connectivity index (χ1v) is 8.75. The van der Waals surface area contributed by atoms with Crippen LogP contribution in [0.1, 0.15) is 11.1 Å². The van der Waals surface area contributed by atoms with Crippen molar-refractivity contribution in [1.82, 2.24) is 0 Å². The molecule has 0 spiro atoms. The largest absolute Gasteiger partial charge is 0.497 e. The maximum atomic E-state index is 13.4. The maximum absolute atomic E-state index is 13.4. The second-order valence-corrected chi connectivity index (χ2v) is 6.22. The number of hydrogen-bond donors (Lipinski definition) is 0. The van der Waals surface area contributed by atoms with Crippen molar-refractivity contribution in [3.8, 4) is 5.75 Å². The van der Waals surface area contributed by atoms with Gasteiger partial charge in [0.1, 0.15) is 23.1 Å². The molecule has 1 amide bonds. The topological polar surface area (TPSA) is 41.9 Å². The van der Waals surface area contributed by atoms with Crippen LogP contribution in [0, 0.1) is 5.82 Å². The highest BCUT2D eigenvalue weighted by Crippen LogP contribution is 2.28. The lowest BCUT2D eigenvalue weighted by molar-refractivity contribution is -0.113. The Balaban J connectivity index is 1.78. The van der Waals surface area contributed by atoms with E-state index in [2.05, 4.69) is 4.99 Å². The number of carbonyl (C=O) groups is 1. The van der Waals surface area contributed by atoms with E-state index >= 15 is 0 Å². The van der Waals surface area contributed by atoms with E-state index in [9.17, 15) is 9.18 Å². The van der Waals surface area contributed by atoms with Gasteiger partial charge in [-0.2, -0.15) is 0 Å². The minimum Gasteiger partial charge on any atom is -0.497 e. The van der Waals surface area contributed by atoms with Gasteiger partial charge in [-0.05, 0) is 60.2 Å². The molecule has 0 bridgehead atoms. The molecule has 0 N–H and O–H groups in total. The van der Waals surface area contributed by atoms with Crippen LogP contribution < -0.4 is 9.64 Å². The second-order valence-electron chi connectivity index (χ2n) is 6.22. The third-order valence-electron chi connectivity index (χ3n) is 4.40. The van der Waals surface area contributed by atoms with Crippen molar-refractivity contribution in [3.63, 3.8) is 0 Å². The summed E-state index contributed by atoms with van der Waals surface area (Å²) in [5.74, 6) is 0.632. The van der Waals surface area contributed by atoms with Crippen LogP contribution in [0.4, 0.5) is 10.1 Å². The molecule has 0 saturated heterocycles.